The van der Waals surface area contributed by atoms with Crippen molar-refractivity contribution < 1.29 is 14.3 Å². The summed E-state index contributed by atoms with van der Waals surface area (Å²) in [6.45, 7) is 0. The van der Waals surface area contributed by atoms with Crippen LogP contribution in [-0.2, 0) is 4.74 Å². The Morgan fingerprint density at radius 3 is 2.74 bits per heavy atom. The Morgan fingerprint density at radius 2 is 2.11 bits per heavy atom. The quantitative estimate of drug-likeness (QED) is 0.786. The van der Waals surface area contributed by atoms with Gasteiger partial charge in [0.15, 0.2) is 0 Å². The van der Waals surface area contributed by atoms with Crippen molar-refractivity contribution in [2.45, 2.75) is 12.8 Å². The SMILES string of the molecule is COC(=O)c1ccc2c(=O)n(C(=O)C3CC3)sc2c1. The van der Waals surface area contributed by atoms with Crippen LogP contribution in [0.15, 0.2) is 23.0 Å². The molecule has 0 amide bonds. The molecule has 0 bridgehead atoms. The second kappa shape index (κ2) is 4.31. The fraction of sp³-hybridized carbons (Fsp3) is 0.308. The van der Waals surface area contributed by atoms with Gasteiger partial charge in [-0.15, -0.1) is 0 Å². The van der Waals surface area contributed by atoms with Gasteiger partial charge in [-0.25, -0.2) is 4.79 Å². The number of fused-ring (bicyclic) bond motifs is 1. The van der Waals surface area contributed by atoms with Crippen LogP contribution in [0.25, 0.3) is 10.1 Å². The molecule has 0 unspecified atom stereocenters. The summed E-state index contributed by atoms with van der Waals surface area (Å²) in [7, 11) is 1.30. The first-order chi connectivity index (χ1) is 9.11. The lowest BCUT2D eigenvalue weighted by Gasteiger charge is -1.97. The highest BCUT2D eigenvalue weighted by molar-refractivity contribution is 7.14. The Bertz CT molecular complexity index is 739. The van der Waals surface area contributed by atoms with Gasteiger partial charge in [0.1, 0.15) is 0 Å². The minimum atomic E-state index is -0.456. The fourth-order valence-electron chi connectivity index (χ4n) is 1.91. The molecule has 1 aromatic carbocycles. The lowest BCUT2D eigenvalue weighted by molar-refractivity contribution is 0.0600. The van der Waals surface area contributed by atoms with Crippen molar-refractivity contribution in [3.05, 3.63) is 34.1 Å². The summed E-state index contributed by atoms with van der Waals surface area (Å²) in [6, 6.07) is 4.69. The number of hydrogen-bond donors (Lipinski definition) is 0. The van der Waals surface area contributed by atoms with Gasteiger partial charge in [0, 0.05) is 5.92 Å². The first kappa shape index (κ1) is 12.1. The highest BCUT2D eigenvalue weighted by Gasteiger charge is 2.32. The summed E-state index contributed by atoms with van der Waals surface area (Å²) in [4.78, 5) is 35.5. The molecule has 6 heteroatoms. The summed E-state index contributed by atoms with van der Waals surface area (Å²) in [6.07, 6.45) is 1.71. The minimum absolute atomic E-state index is 0.00848. The molecule has 19 heavy (non-hydrogen) atoms. The van der Waals surface area contributed by atoms with Crippen LogP contribution < -0.4 is 5.56 Å². The topological polar surface area (TPSA) is 65.4 Å². The number of benzene rings is 1. The number of carbonyl (C=O) groups excluding carboxylic acids is 2. The van der Waals surface area contributed by atoms with E-state index in [1.807, 2.05) is 0 Å². The van der Waals surface area contributed by atoms with E-state index in [1.54, 1.807) is 12.1 Å². The van der Waals surface area contributed by atoms with Crippen LogP contribution in [0, 0.1) is 5.92 Å². The number of rotatable bonds is 2. The zero-order valence-corrected chi connectivity index (χ0v) is 11.0. The number of carbonyl (C=O) groups is 2. The zero-order valence-electron chi connectivity index (χ0n) is 10.2. The van der Waals surface area contributed by atoms with Crippen molar-refractivity contribution >= 4 is 33.5 Å². The average molecular weight is 277 g/mol. The third-order valence-electron chi connectivity index (χ3n) is 3.13. The Hall–Kier alpha value is -1.95. The average Bonchev–Trinajstić information content (AvgIpc) is 3.22. The maximum absolute atomic E-state index is 12.1. The van der Waals surface area contributed by atoms with E-state index in [2.05, 4.69) is 4.74 Å². The lowest BCUT2D eigenvalue weighted by Crippen LogP contribution is -2.22. The predicted molar refractivity (Wildman–Crippen MR) is 70.8 cm³/mol. The van der Waals surface area contributed by atoms with Crippen molar-refractivity contribution in [2.24, 2.45) is 5.92 Å². The van der Waals surface area contributed by atoms with Gasteiger partial charge in [-0.1, -0.05) is 0 Å². The summed E-state index contributed by atoms with van der Waals surface area (Å²) < 4.78 is 6.46. The van der Waals surface area contributed by atoms with Crippen LogP contribution >= 0.6 is 11.5 Å². The van der Waals surface area contributed by atoms with E-state index in [4.69, 9.17) is 0 Å². The first-order valence-electron chi connectivity index (χ1n) is 5.90. The Kier molecular flexibility index (Phi) is 2.74. The molecule has 98 valence electrons. The molecule has 1 heterocycles. The van der Waals surface area contributed by atoms with Gasteiger partial charge in [-0.3, -0.25) is 9.59 Å². The molecule has 0 radical (unpaired) electrons. The van der Waals surface area contributed by atoms with E-state index < -0.39 is 5.97 Å². The number of aromatic nitrogens is 1. The van der Waals surface area contributed by atoms with E-state index in [-0.39, 0.29) is 17.4 Å². The Balaban J connectivity index is 2.12. The van der Waals surface area contributed by atoms with Gasteiger partial charge < -0.3 is 4.74 Å². The van der Waals surface area contributed by atoms with Crippen molar-refractivity contribution in [1.82, 2.24) is 3.96 Å². The maximum atomic E-state index is 12.1. The van der Waals surface area contributed by atoms with Gasteiger partial charge in [0.25, 0.3) is 5.56 Å². The van der Waals surface area contributed by atoms with Crippen LogP contribution in [0.4, 0.5) is 0 Å². The maximum Gasteiger partial charge on any atom is 0.337 e. The monoisotopic (exact) mass is 277 g/mol. The van der Waals surface area contributed by atoms with Gasteiger partial charge in [0.2, 0.25) is 5.91 Å². The lowest BCUT2D eigenvalue weighted by atomic mass is 10.2. The zero-order chi connectivity index (χ0) is 13.6. The van der Waals surface area contributed by atoms with E-state index in [0.29, 0.717) is 15.6 Å². The van der Waals surface area contributed by atoms with E-state index in [1.165, 1.54) is 17.1 Å². The van der Waals surface area contributed by atoms with Crippen molar-refractivity contribution in [2.75, 3.05) is 7.11 Å². The van der Waals surface area contributed by atoms with E-state index in [9.17, 15) is 14.4 Å². The first-order valence-corrected chi connectivity index (χ1v) is 6.68. The molecule has 1 aliphatic carbocycles. The number of nitrogens with zero attached hydrogens (tertiary/aromatic N) is 1. The van der Waals surface area contributed by atoms with Crippen LogP contribution in [0.5, 0.6) is 0 Å². The Morgan fingerprint density at radius 1 is 1.37 bits per heavy atom. The summed E-state index contributed by atoms with van der Waals surface area (Å²) in [5, 5.41) is 0.464. The van der Waals surface area contributed by atoms with Gasteiger partial charge >= 0.3 is 5.97 Å². The number of methoxy groups -OCH3 is 1. The fourth-order valence-corrected chi connectivity index (χ4v) is 2.96. The molecule has 1 fully saturated rings. The third-order valence-corrected chi connectivity index (χ3v) is 4.20. The molecular weight excluding hydrogens is 266 g/mol. The third kappa shape index (κ3) is 1.98. The molecule has 5 nitrogen and oxygen atoms in total. The van der Waals surface area contributed by atoms with Gasteiger partial charge in [-0.05, 0) is 42.6 Å². The molecule has 1 aliphatic rings. The molecule has 1 saturated carbocycles. The van der Waals surface area contributed by atoms with Crippen molar-refractivity contribution in [1.29, 1.82) is 0 Å². The molecular formula is C13H11NO4S. The highest BCUT2D eigenvalue weighted by Crippen LogP contribution is 2.31. The van der Waals surface area contributed by atoms with E-state index in [0.717, 1.165) is 24.4 Å². The number of ether oxygens (including phenoxy) is 1. The molecule has 3 rings (SSSR count). The summed E-state index contributed by atoms with van der Waals surface area (Å²) in [5.41, 5.74) is 0.0792. The van der Waals surface area contributed by atoms with E-state index >= 15 is 0 Å². The number of esters is 1. The second-order valence-corrected chi connectivity index (χ2v) is 5.49. The molecule has 2 aromatic rings. The second-order valence-electron chi connectivity index (χ2n) is 4.51. The molecule has 0 spiro atoms. The minimum Gasteiger partial charge on any atom is -0.465 e. The number of hydrogen-bond acceptors (Lipinski definition) is 5. The molecule has 0 atom stereocenters. The molecule has 0 saturated heterocycles. The summed E-state index contributed by atoms with van der Waals surface area (Å²) >= 11 is 1.09. The van der Waals surface area contributed by atoms with Crippen LogP contribution in [0.1, 0.15) is 28.0 Å². The highest BCUT2D eigenvalue weighted by atomic mass is 32.1. The normalized spacial score (nSPS) is 14.6. The smallest absolute Gasteiger partial charge is 0.337 e. The largest absolute Gasteiger partial charge is 0.465 e. The molecule has 0 N–H and O–H groups in total. The van der Waals surface area contributed by atoms with Crippen LogP contribution in [0.3, 0.4) is 0 Å². The standard InChI is InChI=1S/C13H11NO4S/c1-18-13(17)8-4-5-9-10(6-8)19-14(12(9)16)11(15)7-2-3-7/h4-7H,2-3H2,1H3. The van der Waals surface area contributed by atoms with Crippen LogP contribution in [-0.4, -0.2) is 22.9 Å². The predicted octanol–water partition coefficient (Wildman–Crippen LogP) is 1.90. The van der Waals surface area contributed by atoms with Crippen molar-refractivity contribution in [3.63, 3.8) is 0 Å². The van der Waals surface area contributed by atoms with Gasteiger partial charge in [-0.2, -0.15) is 3.96 Å². The van der Waals surface area contributed by atoms with Gasteiger partial charge in [0.05, 0.1) is 22.8 Å². The molecule has 0 aliphatic heterocycles. The Labute approximate surface area is 112 Å². The summed E-state index contributed by atoms with van der Waals surface area (Å²) in [5.74, 6) is -0.598. The van der Waals surface area contributed by atoms with Crippen LogP contribution in [0.2, 0.25) is 0 Å². The molecule has 1 aromatic heterocycles. The van der Waals surface area contributed by atoms with Crippen molar-refractivity contribution in [3.8, 4) is 0 Å².